The van der Waals surface area contributed by atoms with Gasteiger partial charge in [0.05, 0.1) is 12.7 Å². The Hall–Kier alpha value is -1.25. The summed E-state index contributed by atoms with van der Waals surface area (Å²) >= 11 is 1.07. The highest BCUT2D eigenvalue weighted by molar-refractivity contribution is 7.12. The van der Waals surface area contributed by atoms with E-state index in [0.29, 0.717) is 19.1 Å². The normalized spacial score (nSPS) is 19.3. The number of hydrogen-bond acceptors (Lipinski definition) is 5. The topological polar surface area (TPSA) is 50.8 Å². The van der Waals surface area contributed by atoms with Crippen molar-refractivity contribution >= 4 is 17.2 Å². The van der Waals surface area contributed by atoms with E-state index < -0.39 is 12.5 Å². The summed E-state index contributed by atoms with van der Waals surface area (Å²) in [5, 5.41) is 4.29. The van der Waals surface area contributed by atoms with Gasteiger partial charge in [-0.05, 0) is 17.4 Å². The van der Waals surface area contributed by atoms with Gasteiger partial charge in [-0.2, -0.15) is 8.78 Å². The minimum atomic E-state index is -2.94. The molecule has 1 fully saturated rings. The molecule has 0 aliphatic carbocycles. The van der Waals surface area contributed by atoms with Gasteiger partial charge in [0.1, 0.15) is 10.6 Å². The first kappa shape index (κ1) is 18.1. The van der Waals surface area contributed by atoms with Gasteiger partial charge in [-0.25, -0.2) is 0 Å². The summed E-state index contributed by atoms with van der Waals surface area (Å²) in [5.41, 5.74) is 0. The van der Waals surface area contributed by atoms with Crippen molar-refractivity contribution in [2.24, 2.45) is 5.92 Å². The standard InChI is InChI=1S/C15H22F2N2O3S/c1-10(2)8-19-4-5-21-11(9-19)7-18-14(20)13-12(3-6-23-13)22-15(16)17/h3,6,10-11,15H,4-5,7-9H2,1-2H3,(H,18,20)/t11-/m1/s1. The second kappa shape index (κ2) is 8.56. The Bertz CT molecular complexity index is 511. The molecule has 8 heteroatoms. The average molecular weight is 348 g/mol. The molecular weight excluding hydrogens is 326 g/mol. The van der Waals surface area contributed by atoms with E-state index in [2.05, 4.69) is 28.8 Å². The van der Waals surface area contributed by atoms with Gasteiger partial charge in [-0.1, -0.05) is 13.8 Å². The molecule has 130 valence electrons. The number of nitrogens with zero attached hydrogens (tertiary/aromatic N) is 1. The van der Waals surface area contributed by atoms with Gasteiger partial charge in [0.15, 0.2) is 0 Å². The van der Waals surface area contributed by atoms with Crippen LogP contribution in [0.5, 0.6) is 5.75 Å². The summed E-state index contributed by atoms with van der Waals surface area (Å²) in [6.45, 7) is 4.99. The van der Waals surface area contributed by atoms with Crippen LogP contribution < -0.4 is 10.1 Å². The van der Waals surface area contributed by atoms with E-state index in [1.165, 1.54) is 6.07 Å². The summed E-state index contributed by atoms with van der Waals surface area (Å²) in [6.07, 6.45) is -0.0918. The highest BCUT2D eigenvalue weighted by Gasteiger charge is 2.23. The van der Waals surface area contributed by atoms with E-state index in [1.807, 2.05) is 0 Å². The van der Waals surface area contributed by atoms with Crippen LogP contribution in [-0.2, 0) is 4.74 Å². The molecule has 0 bridgehead atoms. The molecular formula is C15H22F2N2O3S. The van der Waals surface area contributed by atoms with Crippen LogP contribution >= 0.6 is 11.3 Å². The van der Waals surface area contributed by atoms with E-state index >= 15 is 0 Å². The van der Waals surface area contributed by atoms with Gasteiger partial charge >= 0.3 is 6.61 Å². The second-order valence-electron chi connectivity index (χ2n) is 5.85. The predicted octanol–water partition coefficient (Wildman–Crippen LogP) is 2.44. The third-order valence-electron chi connectivity index (χ3n) is 3.39. The fourth-order valence-corrected chi connectivity index (χ4v) is 3.26. The average Bonchev–Trinajstić information content (AvgIpc) is 2.92. The number of morpholine rings is 1. The molecule has 1 aromatic rings. The zero-order chi connectivity index (χ0) is 16.8. The van der Waals surface area contributed by atoms with Crippen LogP contribution in [0.2, 0.25) is 0 Å². The molecule has 5 nitrogen and oxygen atoms in total. The first-order valence-corrected chi connectivity index (χ1v) is 8.48. The Kier molecular flexibility index (Phi) is 6.73. The maximum atomic E-state index is 12.3. The molecule has 1 aliphatic rings. The molecule has 0 saturated carbocycles. The van der Waals surface area contributed by atoms with E-state index in [4.69, 9.17) is 4.74 Å². The van der Waals surface area contributed by atoms with Crippen molar-refractivity contribution in [1.82, 2.24) is 10.2 Å². The first-order valence-electron chi connectivity index (χ1n) is 7.60. The summed E-state index contributed by atoms with van der Waals surface area (Å²) in [4.78, 5) is 14.6. The van der Waals surface area contributed by atoms with Crippen molar-refractivity contribution in [3.05, 3.63) is 16.3 Å². The van der Waals surface area contributed by atoms with Gasteiger partial charge in [0, 0.05) is 26.2 Å². The number of hydrogen-bond donors (Lipinski definition) is 1. The zero-order valence-corrected chi connectivity index (χ0v) is 14.1. The van der Waals surface area contributed by atoms with E-state index in [0.717, 1.165) is 31.0 Å². The van der Waals surface area contributed by atoms with Crippen molar-refractivity contribution in [2.45, 2.75) is 26.6 Å². The quantitative estimate of drug-likeness (QED) is 0.822. The maximum absolute atomic E-state index is 12.3. The molecule has 1 atom stereocenters. The fraction of sp³-hybridized carbons (Fsp3) is 0.667. The predicted molar refractivity (Wildman–Crippen MR) is 84.3 cm³/mol. The molecule has 2 heterocycles. The van der Waals surface area contributed by atoms with Gasteiger partial charge < -0.3 is 14.8 Å². The highest BCUT2D eigenvalue weighted by atomic mass is 32.1. The number of ether oxygens (including phenoxy) is 2. The molecule has 1 aliphatic heterocycles. The summed E-state index contributed by atoms with van der Waals surface area (Å²) < 4.78 is 34.6. The van der Waals surface area contributed by atoms with Crippen LogP contribution in [-0.4, -0.2) is 56.3 Å². The number of carbonyl (C=O) groups is 1. The third kappa shape index (κ3) is 5.71. The maximum Gasteiger partial charge on any atom is 0.387 e. The Labute approximate surface area is 138 Å². The van der Waals surface area contributed by atoms with Crippen molar-refractivity contribution in [3.8, 4) is 5.75 Å². The number of amides is 1. The molecule has 1 N–H and O–H groups in total. The van der Waals surface area contributed by atoms with Crippen LogP contribution in [0, 0.1) is 5.92 Å². The van der Waals surface area contributed by atoms with Crippen LogP contribution in [0.15, 0.2) is 11.4 Å². The molecule has 2 rings (SSSR count). The smallest absolute Gasteiger partial charge is 0.387 e. The minimum Gasteiger partial charge on any atom is -0.433 e. The molecule has 1 saturated heterocycles. The lowest BCUT2D eigenvalue weighted by atomic mass is 10.2. The molecule has 0 unspecified atom stereocenters. The van der Waals surface area contributed by atoms with Crippen molar-refractivity contribution < 1.29 is 23.0 Å². The van der Waals surface area contributed by atoms with Crippen LogP contribution in [0.25, 0.3) is 0 Å². The molecule has 1 aromatic heterocycles. The SMILES string of the molecule is CC(C)CN1CCO[C@H](CNC(=O)c2sccc2OC(F)F)C1. The van der Waals surface area contributed by atoms with Crippen LogP contribution in [0.4, 0.5) is 8.78 Å². The molecule has 23 heavy (non-hydrogen) atoms. The Morgan fingerprint density at radius 1 is 1.57 bits per heavy atom. The van der Waals surface area contributed by atoms with E-state index in [1.54, 1.807) is 5.38 Å². The lowest BCUT2D eigenvalue weighted by molar-refractivity contribution is -0.0499. The Morgan fingerprint density at radius 2 is 2.35 bits per heavy atom. The lowest BCUT2D eigenvalue weighted by Gasteiger charge is -2.33. The zero-order valence-electron chi connectivity index (χ0n) is 13.3. The number of thiophene rings is 1. The molecule has 1 amide bonds. The second-order valence-corrected chi connectivity index (χ2v) is 6.76. The monoisotopic (exact) mass is 348 g/mol. The molecule has 0 aromatic carbocycles. The summed E-state index contributed by atoms with van der Waals surface area (Å²) in [6, 6.07) is 1.37. The highest BCUT2D eigenvalue weighted by Crippen LogP contribution is 2.26. The first-order chi connectivity index (χ1) is 11.0. The van der Waals surface area contributed by atoms with E-state index in [-0.39, 0.29) is 16.7 Å². The van der Waals surface area contributed by atoms with Gasteiger partial charge in [0.2, 0.25) is 0 Å². The van der Waals surface area contributed by atoms with Gasteiger partial charge in [0.25, 0.3) is 5.91 Å². The Balaban J connectivity index is 1.83. The number of halogens is 2. The molecule has 0 radical (unpaired) electrons. The Morgan fingerprint density at radius 3 is 3.04 bits per heavy atom. The van der Waals surface area contributed by atoms with Gasteiger partial charge in [-0.3, -0.25) is 9.69 Å². The van der Waals surface area contributed by atoms with Gasteiger partial charge in [-0.15, -0.1) is 11.3 Å². The third-order valence-corrected chi connectivity index (χ3v) is 4.28. The number of nitrogens with one attached hydrogen (secondary N) is 1. The number of rotatable bonds is 7. The van der Waals surface area contributed by atoms with Crippen LogP contribution in [0.3, 0.4) is 0 Å². The van der Waals surface area contributed by atoms with Crippen molar-refractivity contribution in [3.63, 3.8) is 0 Å². The lowest BCUT2D eigenvalue weighted by Crippen LogP contribution is -2.48. The number of carbonyl (C=O) groups excluding carboxylic acids is 1. The molecule has 0 spiro atoms. The number of alkyl halides is 2. The van der Waals surface area contributed by atoms with E-state index in [9.17, 15) is 13.6 Å². The van der Waals surface area contributed by atoms with Crippen molar-refractivity contribution in [1.29, 1.82) is 0 Å². The largest absolute Gasteiger partial charge is 0.433 e. The summed E-state index contributed by atoms with van der Waals surface area (Å²) in [5.74, 6) is 0.0669. The van der Waals surface area contributed by atoms with Crippen molar-refractivity contribution in [2.75, 3.05) is 32.8 Å². The summed E-state index contributed by atoms with van der Waals surface area (Å²) in [7, 11) is 0. The fourth-order valence-electron chi connectivity index (χ4n) is 2.52. The van der Waals surface area contributed by atoms with Crippen LogP contribution in [0.1, 0.15) is 23.5 Å². The minimum absolute atomic E-state index is 0.0894.